The van der Waals surface area contributed by atoms with Gasteiger partial charge in [-0.2, -0.15) is 5.10 Å². The van der Waals surface area contributed by atoms with E-state index in [1.165, 1.54) is 6.21 Å². The highest BCUT2D eigenvalue weighted by Gasteiger charge is 2.10. The Hall–Kier alpha value is -3.02. The maximum absolute atomic E-state index is 11.9. The maximum atomic E-state index is 11.9. The van der Waals surface area contributed by atoms with Gasteiger partial charge >= 0.3 is 0 Å². The smallest absolute Gasteiger partial charge is 0.271 e. The Morgan fingerprint density at radius 1 is 0.957 bits per heavy atom. The molecule has 2 aromatic carbocycles. The molecule has 6 nitrogen and oxygen atoms in total. The lowest BCUT2D eigenvalue weighted by Gasteiger charge is -2.11. The quantitative estimate of drug-likeness (QED) is 0.657. The van der Waals surface area contributed by atoms with Crippen molar-refractivity contribution in [2.75, 3.05) is 21.3 Å². The number of amides is 1. The Kier molecular flexibility index (Phi) is 5.57. The Balaban J connectivity index is 2.17. The highest BCUT2D eigenvalue weighted by molar-refractivity contribution is 5.95. The van der Waals surface area contributed by atoms with Crippen molar-refractivity contribution in [3.63, 3.8) is 0 Å². The van der Waals surface area contributed by atoms with E-state index in [0.29, 0.717) is 28.4 Å². The number of benzene rings is 2. The van der Waals surface area contributed by atoms with Gasteiger partial charge < -0.3 is 14.2 Å². The second-order valence-electron chi connectivity index (χ2n) is 4.51. The predicted octanol–water partition coefficient (Wildman–Crippen LogP) is 2.48. The van der Waals surface area contributed by atoms with Crippen LogP contribution in [0.15, 0.2) is 47.6 Å². The number of nitrogens with one attached hydrogen (secondary N) is 1. The van der Waals surface area contributed by atoms with Crippen LogP contribution in [0.5, 0.6) is 17.2 Å². The van der Waals surface area contributed by atoms with Gasteiger partial charge in [0.1, 0.15) is 5.75 Å². The van der Waals surface area contributed by atoms with E-state index in [0.717, 1.165) is 0 Å². The van der Waals surface area contributed by atoms with E-state index < -0.39 is 0 Å². The van der Waals surface area contributed by atoms with Crippen molar-refractivity contribution in [2.45, 2.75) is 0 Å². The summed E-state index contributed by atoms with van der Waals surface area (Å²) in [6.45, 7) is 0. The third-order valence-corrected chi connectivity index (χ3v) is 3.14. The summed E-state index contributed by atoms with van der Waals surface area (Å²) >= 11 is 0. The second-order valence-corrected chi connectivity index (χ2v) is 4.51. The topological polar surface area (TPSA) is 69.2 Å². The van der Waals surface area contributed by atoms with Crippen molar-refractivity contribution in [2.24, 2.45) is 5.10 Å². The van der Waals surface area contributed by atoms with Crippen molar-refractivity contribution in [1.82, 2.24) is 5.43 Å². The summed E-state index contributed by atoms with van der Waals surface area (Å²) in [4.78, 5) is 11.9. The molecule has 1 amide bonds. The first-order chi connectivity index (χ1) is 11.2. The molecule has 0 aliphatic rings. The number of carbonyl (C=O) groups is 1. The number of nitrogens with zero attached hydrogens (tertiary/aromatic N) is 1. The molecular weight excluding hydrogens is 296 g/mol. The molecule has 2 rings (SSSR count). The fourth-order valence-corrected chi connectivity index (χ4v) is 1.97. The van der Waals surface area contributed by atoms with Crippen LogP contribution in [0.4, 0.5) is 0 Å². The molecule has 0 unspecified atom stereocenters. The lowest BCUT2D eigenvalue weighted by molar-refractivity contribution is 0.0955. The standard InChI is InChI=1S/C17H18N2O4/c1-21-14-10-16(23-3)15(22-2)9-13(14)11-18-19-17(20)12-7-5-4-6-8-12/h4-11H,1-3H3,(H,19,20)/b18-11-. The summed E-state index contributed by atoms with van der Waals surface area (Å²) < 4.78 is 15.7. The van der Waals surface area contributed by atoms with Crippen LogP contribution in [0, 0.1) is 0 Å². The maximum Gasteiger partial charge on any atom is 0.271 e. The summed E-state index contributed by atoms with van der Waals surface area (Å²) in [6.07, 6.45) is 1.49. The van der Waals surface area contributed by atoms with E-state index >= 15 is 0 Å². The molecule has 0 spiro atoms. The highest BCUT2D eigenvalue weighted by atomic mass is 16.5. The molecular formula is C17H18N2O4. The number of hydrogen-bond donors (Lipinski definition) is 1. The first kappa shape index (κ1) is 16.4. The van der Waals surface area contributed by atoms with E-state index in [1.807, 2.05) is 6.07 Å². The molecule has 0 heterocycles. The number of hydrazone groups is 1. The monoisotopic (exact) mass is 314 g/mol. The van der Waals surface area contributed by atoms with Crippen LogP contribution in [-0.2, 0) is 0 Å². The minimum Gasteiger partial charge on any atom is -0.496 e. The molecule has 0 radical (unpaired) electrons. The molecule has 0 atom stereocenters. The second kappa shape index (κ2) is 7.84. The summed E-state index contributed by atoms with van der Waals surface area (Å²) in [7, 11) is 4.63. The third-order valence-electron chi connectivity index (χ3n) is 3.14. The van der Waals surface area contributed by atoms with Gasteiger partial charge in [0.15, 0.2) is 11.5 Å². The molecule has 6 heteroatoms. The summed E-state index contributed by atoms with van der Waals surface area (Å²) in [6, 6.07) is 12.2. The van der Waals surface area contributed by atoms with Gasteiger partial charge in [-0.05, 0) is 18.2 Å². The van der Waals surface area contributed by atoms with Crippen molar-refractivity contribution < 1.29 is 19.0 Å². The van der Waals surface area contributed by atoms with Gasteiger partial charge in [-0.1, -0.05) is 18.2 Å². The number of ether oxygens (including phenoxy) is 3. The fraction of sp³-hybridized carbons (Fsp3) is 0.176. The zero-order valence-corrected chi connectivity index (χ0v) is 13.2. The lowest BCUT2D eigenvalue weighted by Crippen LogP contribution is -2.17. The van der Waals surface area contributed by atoms with Crippen LogP contribution in [0.25, 0.3) is 0 Å². The number of methoxy groups -OCH3 is 3. The summed E-state index contributed by atoms with van der Waals surface area (Å²) in [5.41, 5.74) is 3.65. The largest absolute Gasteiger partial charge is 0.496 e. The van der Waals surface area contributed by atoms with E-state index in [1.54, 1.807) is 57.7 Å². The van der Waals surface area contributed by atoms with Crippen LogP contribution in [0.2, 0.25) is 0 Å². The fourth-order valence-electron chi connectivity index (χ4n) is 1.97. The van der Waals surface area contributed by atoms with E-state index in [2.05, 4.69) is 10.5 Å². The zero-order valence-electron chi connectivity index (χ0n) is 13.2. The molecule has 0 bridgehead atoms. The van der Waals surface area contributed by atoms with Gasteiger partial charge in [-0.3, -0.25) is 4.79 Å². The summed E-state index contributed by atoms with van der Waals surface area (Å²) in [5, 5.41) is 3.96. The first-order valence-corrected chi connectivity index (χ1v) is 6.88. The highest BCUT2D eigenvalue weighted by Crippen LogP contribution is 2.33. The predicted molar refractivity (Wildman–Crippen MR) is 87.6 cm³/mol. The van der Waals surface area contributed by atoms with E-state index in [9.17, 15) is 4.79 Å². The van der Waals surface area contributed by atoms with Crippen molar-refractivity contribution in [1.29, 1.82) is 0 Å². The average Bonchev–Trinajstić information content (AvgIpc) is 2.61. The Morgan fingerprint density at radius 3 is 2.17 bits per heavy atom. The Morgan fingerprint density at radius 2 is 1.57 bits per heavy atom. The van der Waals surface area contributed by atoms with Crippen LogP contribution >= 0.6 is 0 Å². The van der Waals surface area contributed by atoms with Crippen molar-refractivity contribution in [3.8, 4) is 17.2 Å². The van der Waals surface area contributed by atoms with Gasteiger partial charge in [0, 0.05) is 17.2 Å². The number of rotatable bonds is 6. The SMILES string of the molecule is COc1cc(OC)c(OC)cc1/C=N\NC(=O)c1ccccc1. The average molecular weight is 314 g/mol. The molecule has 0 aromatic heterocycles. The summed E-state index contributed by atoms with van der Waals surface area (Å²) in [5.74, 6) is 1.36. The number of carbonyl (C=O) groups excluding carboxylic acids is 1. The van der Waals surface area contributed by atoms with Gasteiger partial charge in [-0.15, -0.1) is 0 Å². The van der Waals surface area contributed by atoms with E-state index in [4.69, 9.17) is 14.2 Å². The van der Waals surface area contributed by atoms with Crippen LogP contribution in [0.1, 0.15) is 15.9 Å². The molecule has 120 valence electrons. The Bertz CT molecular complexity index is 699. The molecule has 0 aliphatic carbocycles. The van der Waals surface area contributed by atoms with Crippen LogP contribution in [0.3, 0.4) is 0 Å². The lowest BCUT2D eigenvalue weighted by atomic mass is 10.2. The minimum atomic E-state index is -0.290. The number of hydrogen-bond acceptors (Lipinski definition) is 5. The van der Waals surface area contributed by atoms with Crippen molar-refractivity contribution >= 4 is 12.1 Å². The van der Waals surface area contributed by atoms with Crippen LogP contribution in [-0.4, -0.2) is 33.5 Å². The van der Waals surface area contributed by atoms with E-state index in [-0.39, 0.29) is 5.91 Å². The first-order valence-electron chi connectivity index (χ1n) is 6.88. The molecule has 0 saturated carbocycles. The van der Waals surface area contributed by atoms with Gasteiger partial charge in [0.05, 0.1) is 27.5 Å². The molecule has 23 heavy (non-hydrogen) atoms. The Labute approximate surface area is 134 Å². The molecule has 1 N–H and O–H groups in total. The normalized spacial score (nSPS) is 10.4. The van der Waals surface area contributed by atoms with Crippen LogP contribution < -0.4 is 19.6 Å². The van der Waals surface area contributed by atoms with Gasteiger partial charge in [0.2, 0.25) is 0 Å². The van der Waals surface area contributed by atoms with Gasteiger partial charge in [0.25, 0.3) is 5.91 Å². The van der Waals surface area contributed by atoms with Crippen molar-refractivity contribution in [3.05, 3.63) is 53.6 Å². The third kappa shape index (κ3) is 4.00. The molecule has 2 aromatic rings. The molecule has 0 fully saturated rings. The molecule has 0 aliphatic heterocycles. The van der Waals surface area contributed by atoms with Gasteiger partial charge in [-0.25, -0.2) is 5.43 Å². The molecule has 0 saturated heterocycles. The minimum absolute atomic E-state index is 0.290. The zero-order chi connectivity index (χ0) is 16.7.